The van der Waals surface area contributed by atoms with Crippen molar-refractivity contribution in [2.24, 2.45) is 0 Å². The molecule has 1 aliphatic rings. The molecule has 1 amide bonds. The van der Waals surface area contributed by atoms with Crippen LogP contribution in [-0.2, 0) is 4.74 Å². The van der Waals surface area contributed by atoms with E-state index in [1.165, 1.54) is 0 Å². The van der Waals surface area contributed by atoms with Crippen LogP contribution < -0.4 is 5.32 Å². The minimum Gasteiger partial charge on any atom is -0.461 e. The zero-order valence-electron chi connectivity index (χ0n) is 12.4. The molecule has 5 heteroatoms. The lowest BCUT2D eigenvalue weighted by molar-refractivity contribution is 0.0856. The van der Waals surface area contributed by atoms with E-state index < -0.39 is 0 Å². The van der Waals surface area contributed by atoms with Crippen LogP contribution in [0.5, 0.6) is 0 Å². The summed E-state index contributed by atoms with van der Waals surface area (Å²) in [6.07, 6.45) is 2.19. The van der Waals surface area contributed by atoms with Crippen molar-refractivity contribution in [3.8, 4) is 11.3 Å². The monoisotopic (exact) mass is 319 g/mol. The molecular formula is C17H18ClNO3. The van der Waals surface area contributed by atoms with Gasteiger partial charge in [-0.25, -0.2) is 0 Å². The van der Waals surface area contributed by atoms with Gasteiger partial charge in [0.1, 0.15) is 11.5 Å². The Hall–Kier alpha value is -1.78. The maximum Gasteiger partial charge on any atom is 0.254 e. The van der Waals surface area contributed by atoms with Crippen LogP contribution in [0.2, 0.25) is 5.02 Å². The van der Waals surface area contributed by atoms with Crippen molar-refractivity contribution >= 4 is 17.5 Å². The zero-order valence-corrected chi connectivity index (χ0v) is 13.2. The van der Waals surface area contributed by atoms with E-state index in [2.05, 4.69) is 5.32 Å². The van der Waals surface area contributed by atoms with Gasteiger partial charge in [-0.3, -0.25) is 4.79 Å². The first kappa shape index (κ1) is 15.1. The molecule has 1 saturated heterocycles. The molecule has 0 aliphatic carbocycles. The number of nitrogens with one attached hydrogen (secondary N) is 1. The molecule has 1 fully saturated rings. The van der Waals surface area contributed by atoms with Gasteiger partial charge in [0.15, 0.2) is 0 Å². The molecule has 1 N–H and O–H groups in total. The third-order valence-corrected chi connectivity index (χ3v) is 4.06. The molecule has 0 bridgehead atoms. The number of aryl methyl sites for hydroxylation is 1. The molecule has 0 radical (unpaired) electrons. The largest absolute Gasteiger partial charge is 0.461 e. The normalized spacial score (nSPS) is 17.6. The van der Waals surface area contributed by atoms with Crippen molar-refractivity contribution in [2.75, 3.05) is 13.2 Å². The van der Waals surface area contributed by atoms with Crippen molar-refractivity contribution in [1.29, 1.82) is 0 Å². The van der Waals surface area contributed by atoms with Gasteiger partial charge in [-0.2, -0.15) is 0 Å². The molecule has 0 saturated carbocycles. The summed E-state index contributed by atoms with van der Waals surface area (Å²) in [5.41, 5.74) is 1.45. The van der Waals surface area contributed by atoms with Gasteiger partial charge in [0.2, 0.25) is 0 Å². The number of amides is 1. The van der Waals surface area contributed by atoms with Crippen LogP contribution in [0, 0.1) is 6.92 Å². The first-order valence-electron chi connectivity index (χ1n) is 7.39. The molecule has 0 spiro atoms. The lowest BCUT2D eigenvalue weighted by Gasteiger charge is -2.10. The molecule has 2 heterocycles. The second-order valence-electron chi connectivity index (χ2n) is 5.43. The lowest BCUT2D eigenvalue weighted by atomic mass is 10.1. The maximum atomic E-state index is 12.3. The van der Waals surface area contributed by atoms with E-state index in [9.17, 15) is 4.79 Å². The van der Waals surface area contributed by atoms with E-state index in [0.717, 1.165) is 25.0 Å². The molecule has 1 aliphatic heterocycles. The van der Waals surface area contributed by atoms with Crippen LogP contribution in [-0.4, -0.2) is 25.2 Å². The van der Waals surface area contributed by atoms with E-state index in [0.29, 0.717) is 28.7 Å². The van der Waals surface area contributed by atoms with Crippen LogP contribution in [0.1, 0.15) is 29.0 Å². The molecule has 22 heavy (non-hydrogen) atoms. The fourth-order valence-corrected chi connectivity index (χ4v) is 2.70. The predicted molar refractivity (Wildman–Crippen MR) is 85.2 cm³/mol. The van der Waals surface area contributed by atoms with E-state index in [1.54, 1.807) is 25.1 Å². The van der Waals surface area contributed by atoms with Gasteiger partial charge in [0, 0.05) is 23.7 Å². The second-order valence-corrected chi connectivity index (χ2v) is 5.87. The van der Waals surface area contributed by atoms with Crippen LogP contribution in [0.25, 0.3) is 11.3 Å². The van der Waals surface area contributed by atoms with E-state index in [1.807, 2.05) is 12.1 Å². The van der Waals surface area contributed by atoms with Gasteiger partial charge in [0.05, 0.1) is 11.7 Å². The molecular weight excluding hydrogens is 302 g/mol. The second kappa shape index (κ2) is 6.55. The number of hydrogen-bond acceptors (Lipinski definition) is 3. The van der Waals surface area contributed by atoms with E-state index in [4.69, 9.17) is 20.8 Å². The SMILES string of the molecule is Cc1oc(-c2ccc(Cl)cc2)cc1C(=O)NC[C@@H]1CCCO1. The van der Waals surface area contributed by atoms with Crippen molar-refractivity contribution in [3.05, 3.63) is 46.7 Å². The van der Waals surface area contributed by atoms with Gasteiger partial charge in [-0.15, -0.1) is 0 Å². The predicted octanol–water partition coefficient (Wildman–Crippen LogP) is 3.82. The highest BCUT2D eigenvalue weighted by Gasteiger charge is 2.19. The van der Waals surface area contributed by atoms with Crippen LogP contribution in [0.3, 0.4) is 0 Å². The Morgan fingerprint density at radius 2 is 2.14 bits per heavy atom. The van der Waals surface area contributed by atoms with Crippen LogP contribution in [0.4, 0.5) is 0 Å². The summed E-state index contributed by atoms with van der Waals surface area (Å²) >= 11 is 5.88. The molecule has 0 unspecified atom stereocenters. The smallest absolute Gasteiger partial charge is 0.254 e. The van der Waals surface area contributed by atoms with Gasteiger partial charge in [0.25, 0.3) is 5.91 Å². The topological polar surface area (TPSA) is 51.5 Å². The average Bonchev–Trinajstić information content (AvgIpc) is 3.15. The Labute approximate surface area is 134 Å². The van der Waals surface area contributed by atoms with Crippen LogP contribution >= 0.6 is 11.6 Å². The highest BCUT2D eigenvalue weighted by atomic mass is 35.5. The molecule has 1 atom stereocenters. The fourth-order valence-electron chi connectivity index (χ4n) is 2.57. The standard InChI is InChI=1S/C17H18ClNO3/c1-11-15(17(20)19-10-14-3-2-8-21-14)9-16(22-11)12-4-6-13(18)7-5-12/h4-7,9,14H,2-3,8,10H2,1H3,(H,19,20)/t14-/m0/s1. The third kappa shape index (κ3) is 3.34. The number of carbonyl (C=O) groups is 1. The van der Waals surface area contributed by atoms with Gasteiger partial charge >= 0.3 is 0 Å². The Morgan fingerprint density at radius 1 is 1.36 bits per heavy atom. The van der Waals surface area contributed by atoms with Crippen molar-refractivity contribution in [1.82, 2.24) is 5.32 Å². The Kier molecular flexibility index (Phi) is 4.50. The van der Waals surface area contributed by atoms with Crippen LogP contribution in [0.15, 0.2) is 34.7 Å². The number of carbonyl (C=O) groups excluding carboxylic acids is 1. The Morgan fingerprint density at radius 3 is 2.82 bits per heavy atom. The summed E-state index contributed by atoms with van der Waals surface area (Å²) in [6, 6.07) is 9.10. The highest BCUT2D eigenvalue weighted by Crippen LogP contribution is 2.26. The minimum atomic E-state index is -0.128. The lowest BCUT2D eigenvalue weighted by Crippen LogP contribution is -2.31. The maximum absolute atomic E-state index is 12.3. The van der Waals surface area contributed by atoms with Crippen molar-refractivity contribution < 1.29 is 13.9 Å². The van der Waals surface area contributed by atoms with E-state index in [-0.39, 0.29) is 12.0 Å². The number of hydrogen-bond donors (Lipinski definition) is 1. The average molecular weight is 320 g/mol. The first-order valence-corrected chi connectivity index (χ1v) is 7.77. The summed E-state index contributed by atoms with van der Waals surface area (Å²) < 4.78 is 11.2. The number of rotatable bonds is 4. The first-order chi connectivity index (χ1) is 10.6. The molecule has 4 nitrogen and oxygen atoms in total. The third-order valence-electron chi connectivity index (χ3n) is 3.81. The van der Waals surface area contributed by atoms with Gasteiger partial charge in [-0.05, 0) is 50.1 Å². The Balaban J connectivity index is 1.71. The number of ether oxygens (including phenoxy) is 1. The quantitative estimate of drug-likeness (QED) is 0.932. The molecule has 116 valence electrons. The van der Waals surface area contributed by atoms with E-state index >= 15 is 0 Å². The summed E-state index contributed by atoms with van der Waals surface area (Å²) in [6.45, 7) is 3.12. The van der Waals surface area contributed by atoms with Crippen molar-refractivity contribution in [3.63, 3.8) is 0 Å². The highest BCUT2D eigenvalue weighted by molar-refractivity contribution is 6.30. The number of benzene rings is 1. The molecule has 2 aromatic rings. The summed E-state index contributed by atoms with van der Waals surface area (Å²) in [5, 5.41) is 3.58. The number of halogens is 1. The zero-order chi connectivity index (χ0) is 15.5. The Bertz CT molecular complexity index is 657. The van der Waals surface area contributed by atoms with Gasteiger partial charge < -0.3 is 14.5 Å². The fraction of sp³-hybridized carbons (Fsp3) is 0.353. The minimum absolute atomic E-state index is 0.128. The molecule has 1 aromatic carbocycles. The summed E-state index contributed by atoms with van der Waals surface area (Å²) in [5.74, 6) is 1.14. The molecule has 3 rings (SSSR count). The summed E-state index contributed by atoms with van der Waals surface area (Å²) in [7, 11) is 0. The van der Waals surface area contributed by atoms with Crippen molar-refractivity contribution in [2.45, 2.75) is 25.9 Å². The summed E-state index contributed by atoms with van der Waals surface area (Å²) in [4.78, 5) is 12.3. The molecule has 1 aromatic heterocycles. The van der Waals surface area contributed by atoms with Gasteiger partial charge in [-0.1, -0.05) is 11.6 Å². The number of furan rings is 1.